The van der Waals surface area contributed by atoms with E-state index in [1.54, 1.807) is 4.90 Å². The summed E-state index contributed by atoms with van der Waals surface area (Å²) in [6, 6.07) is 15.1. The van der Waals surface area contributed by atoms with Crippen molar-refractivity contribution >= 4 is 15.9 Å². The number of piperazine rings is 1. The molecular formula is C20H21FN2O3S. The van der Waals surface area contributed by atoms with Crippen molar-refractivity contribution in [3.05, 3.63) is 66.0 Å². The molecule has 1 saturated heterocycles. The SMILES string of the molecule is O=C(N1CCN(S(=O)(=O)c2ccccc2F)CC1)C1(c2ccccc2)CC1. The highest BCUT2D eigenvalue weighted by Gasteiger charge is 2.53. The second kappa shape index (κ2) is 6.73. The Morgan fingerprint density at radius 1 is 0.889 bits per heavy atom. The van der Waals surface area contributed by atoms with Crippen LogP contribution in [0.1, 0.15) is 18.4 Å². The zero-order chi connectivity index (χ0) is 19.1. The Balaban J connectivity index is 1.47. The molecule has 0 unspecified atom stereocenters. The van der Waals surface area contributed by atoms with E-state index in [9.17, 15) is 17.6 Å². The van der Waals surface area contributed by atoms with Gasteiger partial charge in [-0.2, -0.15) is 4.31 Å². The molecule has 4 rings (SSSR count). The first-order chi connectivity index (χ1) is 12.9. The fourth-order valence-electron chi connectivity index (χ4n) is 3.74. The number of hydrogen-bond acceptors (Lipinski definition) is 3. The molecule has 0 bridgehead atoms. The van der Waals surface area contributed by atoms with Crippen LogP contribution in [0.3, 0.4) is 0 Å². The lowest BCUT2D eigenvalue weighted by Crippen LogP contribution is -2.52. The minimum Gasteiger partial charge on any atom is -0.339 e. The van der Waals surface area contributed by atoms with Gasteiger partial charge in [-0.25, -0.2) is 12.8 Å². The lowest BCUT2D eigenvalue weighted by molar-refractivity contribution is -0.135. The van der Waals surface area contributed by atoms with Crippen LogP contribution in [0.5, 0.6) is 0 Å². The third-order valence-electron chi connectivity index (χ3n) is 5.47. The van der Waals surface area contributed by atoms with Gasteiger partial charge in [-0.1, -0.05) is 42.5 Å². The Bertz CT molecular complexity index is 950. The number of carbonyl (C=O) groups is 1. The van der Waals surface area contributed by atoms with Gasteiger partial charge in [-0.05, 0) is 30.5 Å². The van der Waals surface area contributed by atoms with Gasteiger partial charge in [0.15, 0.2) is 0 Å². The summed E-state index contributed by atoms with van der Waals surface area (Å²) >= 11 is 0. The van der Waals surface area contributed by atoms with E-state index in [1.165, 1.54) is 22.5 Å². The molecule has 0 radical (unpaired) electrons. The largest absolute Gasteiger partial charge is 0.339 e. The number of benzene rings is 2. The van der Waals surface area contributed by atoms with E-state index in [1.807, 2.05) is 30.3 Å². The number of rotatable bonds is 4. The Morgan fingerprint density at radius 3 is 2.07 bits per heavy atom. The zero-order valence-electron chi connectivity index (χ0n) is 14.8. The van der Waals surface area contributed by atoms with Crippen LogP contribution in [0.2, 0.25) is 0 Å². The van der Waals surface area contributed by atoms with E-state index in [4.69, 9.17) is 0 Å². The summed E-state index contributed by atoms with van der Waals surface area (Å²) in [7, 11) is -3.89. The first kappa shape index (κ1) is 18.1. The third-order valence-corrected chi connectivity index (χ3v) is 7.40. The van der Waals surface area contributed by atoms with Gasteiger partial charge in [0.1, 0.15) is 10.7 Å². The van der Waals surface area contributed by atoms with E-state index in [2.05, 4.69) is 0 Å². The summed E-state index contributed by atoms with van der Waals surface area (Å²) in [4.78, 5) is 14.5. The quantitative estimate of drug-likeness (QED) is 0.808. The Labute approximate surface area is 158 Å². The topological polar surface area (TPSA) is 57.7 Å². The van der Waals surface area contributed by atoms with E-state index >= 15 is 0 Å². The zero-order valence-corrected chi connectivity index (χ0v) is 15.7. The summed E-state index contributed by atoms with van der Waals surface area (Å²) in [5.74, 6) is -0.686. The van der Waals surface area contributed by atoms with Crippen molar-refractivity contribution in [2.75, 3.05) is 26.2 Å². The minimum atomic E-state index is -3.89. The van der Waals surface area contributed by atoms with Gasteiger partial charge in [0.2, 0.25) is 15.9 Å². The smallest absolute Gasteiger partial charge is 0.246 e. The molecule has 0 spiro atoms. The predicted molar refractivity (Wildman–Crippen MR) is 99.1 cm³/mol. The maximum atomic E-state index is 13.9. The predicted octanol–water partition coefficient (Wildman–Crippen LogP) is 2.39. The highest BCUT2D eigenvalue weighted by atomic mass is 32.2. The van der Waals surface area contributed by atoms with Crippen molar-refractivity contribution in [3.63, 3.8) is 0 Å². The highest BCUT2D eigenvalue weighted by Crippen LogP contribution is 2.49. The van der Waals surface area contributed by atoms with Gasteiger partial charge in [0, 0.05) is 26.2 Å². The third kappa shape index (κ3) is 3.15. The van der Waals surface area contributed by atoms with Crippen molar-refractivity contribution < 1.29 is 17.6 Å². The van der Waals surface area contributed by atoms with Crippen LogP contribution in [-0.4, -0.2) is 49.7 Å². The molecule has 1 heterocycles. The second-order valence-corrected chi connectivity index (χ2v) is 8.98. The summed E-state index contributed by atoms with van der Waals surface area (Å²) < 4.78 is 40.6. The average Bonchev–Trinajstić information content (AvgIpc) is 3.50. The maximum absolute atomic E-state index is 13.9. The summed E-state index contributed by atoms with van der Waals surface area (Å²) in [5, 5.41) is 0. The van der Waals surface area contributed by atoms with Crippen LogP contribution < -0.4 is 0 Å². The number of sulfonamides is 1. The van der Waals surface area contributed by atoms with E-state index in [0.29, 0.717) is 13.1 Å². The number of hydrogen-bond donors (Lipinski definition) is 0. The molecule has 1 aliphatic heterocycles. The molecule has 27 heavy (non-hydrogen) atoms. The lowest BCUT2D eigenvalue weighted by Gasteiger charge is -2.36. The first-order valence-corrected chi connectivity index (χ1v) is 10.5. The van der Waals surface area contributed by atoms with Crippen molar-refractivity contribution in [1.29, 1.82) is 0 Å². The minimum absolute atomic E-state index is 0.0663. The molecule has 2 aliphatic rings. The molecule has 1 amide bonds. The monoisotopic (exact) mass is 388 g/mol. The molecule has 2 fully saturated rings. The molecule has 0 atom stereocenters. The van der Waals surface area contributed by atoms with E-state index in [-0.39, 0.29) is 23.9 Å². The van der Waals surface area contributed by atoms with Crippen molar-refractivity contribution in [3.8, 4) is 0 Å². The van der Waals surface area contributed by atoms with E-state index < -0.39 is 21.3 Å². The molecule has 2 aromatic carbocycles. The van der Waals surface area contributed by atoms with Crippen LogP contribution in [0, 0.1) is 5.82 Å². The fraction of sp³-hybridized carbons (Fsp3) is 0.350. The molecule has 0 N–H and O–H groups in total. The molecule has 1 aliphatic carbocycles. The Kier molecular flexibility index (Phi) is 4.52. The Morgan fingerprint density at radius 2 is 1.48 bits per heavy atom. The number of halogens is 1. The lowest BCUT2D eigenvalue weighted by atomic mass is 9.94. The highest BCUT2D eigenvalue weighted by molar-refractivity contribution is 7.89. The number of amides is 1. The van der Waals surface area contributed by atoms with E-state index in [0.717, 1.165) is 24.5 Å². The molecule has 1 saturated carbocycles. The number of carbonyl (C=O) groups excluding carboxylic acids is 1. The molecule has 7 heteroatoms. The van der Waals surface area contributed by atoms with Crippen LogP contribution in [0.15, 0.2) is 59.5 Å². The van der Waals surface area contributed by atoms with Gasteiger partial charge in [0.05, 0.1) is 5.41 Å². The van der Waals surface area contributed by atoms with Gasteiger partial charge in [-0.3, -0.25) is 4.79 Å². The molecule has 5 nitrogen and oxygen atoms in total. The first-order valence-electron chi connectivity index (χ1n) is 9.05. The molecule has 2 aromatic rings. The van der Waals surface area contributed by atoms with Crippen molar-refractivity contribution in [2.24, 2.45) is 0 Å². The molecule has 0 aromatic heterocycles. The van der Waals surface area contributed by atoms with Crippen LogP contribution in [0.25, 0.3) is 0 Å². The van der Waals surface area contributed by atoms with Crippen LogP contribution in [-0.2, 0) is 20.2 Å². The molecular weight excluding hydrogens is 367 g/mol. The summed E-state index contributed by atoms with van der Waals surface area (Å²) in [6.07, 6.45) is 1.65. The van der Waals surface area contributed by atoms with Gasteiger partial charge in [-0.15, -0.1) is 0 Å². The fourth-order valence-corrected chi connectivity index (χ4v) is 5.22. The average molecular weight is 388 g/mol. The normalized spacial score (nSPS) is 19.7. The van der Waals surface area contributed by atoms with Crippen molar-refractivity contribution in [1.82, 2.24) is 9.21 Å². The molecule has 142 valence electrons. The second-order valence-electron chi connectivity index (χ2n) is 7.07. The van der Waals surface area contributed by atoms with Crippen LogP contribution >= 0.6 is 0 Å². The van der Waals surface area contributed by atoms with Crippen LogP contribution in [0.4, 0.5) is 4.39 Å². The standard InChI is InChI=1S/C20H21FN2O3S/c21-17-8-4-5-9-18(17)27(25,26)23-14-12-22(13-15-23)19(24)20(10-11-20)16-6-2-1-3-7-16/h1-9H,10-15H2. The van der Waals surface area contributed by atoms with Gasteiger partial charge < -0.3 is 4.90 Å². The summed E-state index contributed by atoms with van der Waals surface area (Å²) in [5.41, 5.74) is 0.574. The number of nitrogens with zero attached hydrogens (tertiary/aromatic N) is 2. The van der Waals surface area contributed by atoms with Crippen molar-refractivity contribution in [2.45, 2.75) is 23.2 Å². The van der Waals surface area contributed by atoms with Gasteiger partial charge >= 0.3 is 0 Å². The summed E-state index contributed by atoms with van der Waals surface area (Å²) in [6.45, 7) is 0.989. The van der Waals surface area contributed by atoms with Gasteiger partial charge in [0.25, 0.3) is 0 Å². The maximum Gasteiger partial charge on any atom is 0.246 e. The Hall–Kier alpha value is -2.25.